The van der Waals surface area contributed by atoms with E-state index in [1.165, 1.54) is 12.3 Å². The summed E-state index contributed by atoms with van der Waals surface area (Å²) in [6.07, 6.45) is 3.47. The van der Waals surface area contributed by atoms with E-state index in [1.807, 2.05) is 0 Å². The van der Waals surface area contributed by atoms with Crippen LogP contribution < -0.4 is 16.2 Å². The Morgan fingerprint density at radius 3 is 3.00 bits per heavy atom. The average molecular weight is 265 g/mol. The van der Waals surface area contributed by atoms with Crippen LogP contribution in [-0.2, 0) is 0 Å². The summed E-state index contributed by atoms with van der Waals surface area (Å²) in [4.78, 5) is 14.0. The first-order valence-corrected chi connectivity index (χ1v) is 6.49. The highest BCUT2D eigenvalue weighted by atomic mass is 16.6. The molecule has 1 saturated heterocycles. The molecule has 2 atom stereocenters. The molecule has 1 aliphatic heterocycles. The van der Waals surface area contributed by atoms with Gasteiger partial charge >= 0.3 is 0 Å². The van der Waals surface area contributed by atoms with Crippen molar-refractivity contribution >= 4 is 11.5 Å². The number of nitrogens with one attached hydrogen (secondary N) is 3. The van der Waals surface area contributed by atoms with Crippen molar-refractivity contribution < 1.29 is 4.92 Å². The number of nitro groups is 1. The molecule has 2 rings (SSSR count). The Labute approximate surface area is 111 Å². The molecule has 0 aromatic carbocycles. The van der Waals surface area contributed by atoms with Crippen molar-refractivity contribution in [2.45, 2.75) is 25.8 Å². The van der Waals surface area contributed by atoms with Gasteiger partial charge in [-0.3, -0.25) is 21.0 Å². The number of hydrogen-bond acceptors (Lipinski definition) is 6. The average Bonchev–Trinajstić information content (AvgIpc) is 2.81. The molecule has 7 nitrogen and oxygen atoms in total. The van der Waals surface area contributed by atoms with Gasteiger partial charge in [-0.1, -0.05) is 0 Å². The molecular formula is C12H19N5O2. The van der Waals surface area contributed by atoms with E-state index < -0.39 is 4.92 Å². The van der Waals surface area contributed by atoms with Crippen molar-refractivity contribution in [3.05, 3.63) is 28.4 Å². The van der Waals surface area contributed by atoms with E-state index in [0.29, 0.717) is 17.8 Å². The molecule has 1 aliphatic rings. The summed E-state index contributed by atoms with van der Waals surface area (Å²) >= 11 is 0. The van der Waals surface area contributed by atoms with Gasteiger partial charge in [0.05, 0.1) is 4.92 Å². The lowest BCUT2D eigenvalue weighted by Gasteiger charge is -2.13. The Kier molecular flexibility index (Phi) is 4.64. The van der Waals surface area contributed by atoms with Crippen LogP contribution in [0.3, 0.4) is 0 Å². The number of hydrazine groups is 1. The zero-order valence-corrected chi connectivity index (χ0v) is 10.9. The van der Waals surface area contributed by atoms with Gasteiger partial charge in [-0.05, 0) is 31.7 Å². The van der Waals surface area contributed by atoms with Gasteiger partial charge in [0.1, 0.15) is 12.0 Å². The number of rotatable bonds is 6. The highest BCUT2D eigenvalue weighted by molar-refractivity contribution is 5.39. The van der Waals surface area contributed by atoms with Gasteiger partial charge < -0.3 is 5.32 Å². The molecule has 19 heavy (non-hydrogen) atoms. The van der Waals surface area contributed by atoms with E-state index in [2.05, 4.69) is 28.1 Å². The number of pyridine rings is 1. The SMILES string of the molecule is CC1NNCC1CCCNc1ccc([N+](=O)[O-])cn1. The van der Waals surface area contributed by atoms with Crippen LogP contribution in [0.5, 0.6) is 0 Å². The van der Waals surface area contributed by atoms with Gasteiger partial charge in [-0.25, -0.2) is 4.98 Å². The molecule has 0 bridgehead atoms. The van der Waals surface area contributed by atoms with Crippen molar-refractivity contribution in [3.8, 4) is 0 Å². The molecule has 7 heteroatoms. The topological polar surface area (TPSA) is 92.1 Å². The maximum atomic E-state index is 10.5. The van der Waals surface area contributed by atoms with Crippen molar-refractivity contribution in [2.24, 2.45) is 5.92 Å². The fourth-order valence-electron chi connectivity index (χ4n) is 2.18. The third-order valence-corrected chi connectivity index (χ3v) is 3.42. The first-order chi connectivity index (χ1) is 9.16. The second-order valence-corrected chi connectivity index (χ2v) is 4.80. The van der Waals surface area contributed by atoms with E-state index >= 15 is 0 Å². The van der Waals surface area contributed by atoms with Crippen LogP contribution in [0.4, 0.5) is 11.5 Å². The monoisotopic (exact) mass is 265 g/mol. The molecule has 3 N–H and O–H groups in total. The minimum absolute atomic E-state index is 0.0162. The zero-order chi connectivity index (χ0) is 13.7. The quantitative estimate of drug-likeness (QED) is 0.408. The van der Waals surface area contributed by atoms with Gasteiger partial charge in [0, 0.05) is 25.2 Å². The molecular weight excluding hydrogens is 246 g/mol. The second kappa shape index (κ2) is 6.44. The highest BCUT2D eigenvalue weighted by Gasteiger charge is 2.21. The minimum atomic E-state index is -0.446. The van der Waals surface area contributed by atoms with Gasteiger partial charge in [0.2, 0.25) is 0 Å². The first kappa shape index (κ1) is 13.7. The van der Waals surface area contributed by atoms with Crippen LogP contribution in [0.15, 0.2) is 18.3 Å². The van der Waals surface area contributed by atoms with Crippen LogP contribution in [0.2, 0.25) is 0 Å². The van der Waals surface area contributed by atoms with Crippen LogP contribution in [-0.4, -0.2) is 29.0 Å². The number of nitrogens with zero attached hydrogens (tertiary/aromatic N) is 2. The predicted octanol–water partition coefficient (Wildman–Crippen LogP) is 1.29. The fourth-order valence-corrected chi connectivity index (χ4v) is 2.18. The largest absolute Gasteiger partial charge is 0.370 e. The van der Waals surface area contributed by atoms with Crippen molar-refractivity contribution in [2.75, 3.05) is 18.4 Å². The molecule has 0 aliphatic carbocycles. The van der Waals surface area contributed by atoms with Crippen LogP contribution >= 0.6 is 0 Å². The van der Waals surface area contributed by atoms with E-state index in [1.54, 1.807) is 6.07 Å². The molecule has 2 heterocycles. The number of anilines is 1. The zero-order valence-electron chi connectivity index (χ0n) is 10.9. The lowest BCUT2D eigenvalue weighted by molar-refractivity contribution is -0.385. The molecule has 1 fully saturated rings. The molecule has 0 saturated carbocycles. The minimum Gasteiger partial charge on any atom is -0.370 e. The Morgan fingerprint density at radius 2 is 2.42 bits per heavy atom. The summed E-state index contributed by atoms with van der Waals surface area (Å²) < 4.78 is 0. The maximum absolute atomic E-state index is 10.5. The van der Waals surface area contributed by atoms with Crippen molar-refractivity contribution in [1.29, 1.82) is 0 Å². The smallest absolute Gasteiger partial charge is 0.287 e. The summed E-state index contributed by atoms with van der Waals surface area (Å²) in [6, 6.07) is 3.61. The van der Waals surface area contributed by atoms with E-state index in [-0.39, 0.29) is 5.69 Å². The summed E-state index contributed by atoms with van der Waals surface area (Å²) in [5.41, 5.74) is 6.37. The first-order valence-electron chi connectivity index (χ1n) is 6.49. The summed E-state index contributed by atoms with van der Waals surface area (Å²) in [5.74, 6) is 1.34. The summed E-state index contributed by atoms with van der Waals surface area (Å²) in [5, 5.41) is 13.7. The van der Waals surface area contributed by atoms with Crippen molar-refractivity contribution in [3.63, 3.8) is 0 Å². The highest BCUT2D eigenvalue weighted by Crippen LogP contribution is 2.15. The number of aromatic nitrogens is 1. The Morgan fingerprint density at radius 1 is 1.58 bits per heavy atom. The van der Waals surface area contributed by atoms with E-state index in [0.717, 1.165) is 25.9 Å². The molecule has 104 valence electrons. The van der Waals surface area contributed by atoms with Gasteiger partial charge in [-0.2, -0.15) is 0 Å². The van der Waals surface area contributed by atoms with Crippen LogP contribution in [0.1, 0.15) is 19.8 Å². The fraction of sp³-hybridized carbons (Fsp3) is 0.583. The molecule has 2 unspecified atom stereocenters. The lowest BCUT2D eigenvalue weighted by atomic mass is 9.98. The molecule has 1 aromatic rings. The van der Waals surface area contributed by atoms with E-state index in [4.69, 9.17) is 0 Å². The molecule has 0 spiro atoms. The third-order valence-electron chi connectivity index (χ3n) is 3.42. The van der Waals surface area contributed by atoms with Gasteiger partial charge in [0.25, 0.3) is 5.69 Å². The summed E-state index contributed by atoms with van der Waals surface area (Å²) in [7, 11) is 0. The summed E-state index contributed by atoms with van der Waals surface area (Å²) in [6.45, 7) is 4.01. The maximum Gasteiger partial charge on any atom is 0.287 e. The lowest BCUT2D eigenvalue weighted by Crippen LogP contribution is -2.28. The Hall–Kier alpha value is -1.73. The van der Waals surface area contributed by atoms with Crippen LogP contribution in [0.25, 0.3) is 0 Å². The normalized spacial score (nSPS) is 22.4. The number of hydrogen-bond donors (Lipinski definition) is 3. The van der Waals surface area contributed by atoms with Gasteiger partial charge in [-0.15, -0.1) is 0 Å². The predicted molar refractivity (Wildman–Crippen MR) is 72.7 cm³/mol. The standard InChI is InChI=1S/C12H19N5O2/c1-9-10(7-15-16-9)3-2-6-13-12-5-4-11(8-14-12)17(18)19/h4-5,8-10,15-16H,2-3,6-7H2,1H3,(H,13,14). The second-order valence-electron chi connectivity index (χ2n) is 4.80. The molecule has 1 aromatic heterocycles. The molecule has 0 radical (unpaired) electrons. The molecule has 0 amide bonds. The van der Waals surface area contributed by atoms with E-state index in [9.17, 15) is 10.1 Å². The van der Waals surface area contributed by atoms with Crippen LogP contribution in [0, 0.1) is 16.0 Å². The third kappa shape index (κ3) is 3.87. The van der Waals surface area contributed by atoms with Crippen molar-refractivity contribution in [1.82, 2.24) is 15.8 Å². The Balaban J connectivity index is 1.69. The van der Waals surface area contributed by atoms with Gasteiger partial charge in [0.15, 0.2) is 0 Å². The Bertz CT molecular complexity index is 423.